The summed E-state index contributed by atoms with van der Waals surface area (Å²) in [6, 6.07) is 21.6. The zero-order valence-corrected chi connectivity index (χ0v) is 16.2. The fourth-order valence-electron chi connectivity index (χ4n) is 2.90. The van der Waals surface area contributed by atoms with Gasteiger partial charge in [-0.05, 0) is 29.3 Å². The van der Waals surface area contributed by atoms with E-state index in [0.717, 1.165) is 13.1 Å². The van der Waals surface area contributed by atoms with Gasteiger partial charge >= 0.3 is 0 Å². The van der Waals surface area contributed by atoms with Crippen molar-refractivity contribution in [2.45, 2.75) is 25.8 Å². The van der Waals surface area contributed by atoms with E-state index in [4.69, 9.17) is 10.5 Å². The molecule has 0 fully saturated rings. The van der Waals surface area contributed by atoms with Crippen molar-refractivity contribution in [2.75, 3.05) is 6.54 Å². The summed E-state index contributed by atoms with van der Waals surface area (Å²) in [4.78, 5) is 15.2. The lowest BCUT2D eigenvalue weighted by molar-refractivity contribution is 0.1000. The fraction of sp³-hybridized carbons (Fsp3) is 0.217. The van der Waals surface area contributed by atoms with Crippen LogP contribution in [-0.2, 0) is 12.0 Å². The third kappa shape index (κ3) is 5.18. The number of nitrogens with one attached hydrogen (secondary N) is 1. The van der Waals surface area contributed by atoms with Crippen LogP contribution in [0.15, 0.2) is 72.9 Å². The lowest BCUT2D eigenvalue weighted by Gasteiger charge is -2.26. The molecule has 2 aromatic carbocycles. The minimum Gasteiger partial charge on any atom is -0.439 e. The third-order valence-electron chi connectivity index (χ3n) is 4.62. The maximum Gasteiger partial charge on any atom is 0.250 e. The first kappa shape index (κ1) is 19.6. The molecule has 0 radical (unpaired) electrons. The summed E-state index contributed by atoms with van der Waals surface area (Å²) in [6.45, 7) is 6.13. The largest absolute Gasteiger partial charge is 0.439 e. The number of amides is 1. The van der Waals surface area contributed by atoms with Crippen LogP contribution in [-0.4, -0.2) is 17.4 Å². The zero-order chi connectivity index (χ0) is 20.0. The molecule has 0 spiro atoms. The number of ether oxygens (including phenoxy) is 1. The number of benzene rings is 2. The molecule has 1 aromatic heterocycles. The van der Waals surface area contributed by atoms with Gasteiger partial charge in [-0.3, -0.25) is 4.79 Å². The van der Waals surface area contributed by atoms with E-state index in [1.165, 1.54) is 17.3 Å². The highest BCUT2D eigenvalue weighted by molar-refractivity contribution is 5.92. The smallest absolute Gasteiger partial charge is 0.250 e. The summed E-state index contributed by atoms with van der Waals surface area (Å²) >= 11 is 0. The van der Waals surface area contributed by atoms with Crippen LogP contribution in [0.2, 0.25) is 0 Å². The number of pyridine rings is 1. The van der Waals surface area contributed by atoms with E-state index in [9.17, 15) is 4.79 Å². The van der Waals surface area contributed by atoms with E-state index in [1.807, 2.05) is 18.2 Å². The average Bonchev–Trinajstić information content (AvgIpc) is 2.69. The maximum absolute atomic E-state index is 11.1. The molecule has 0 atom stereocenters. The van der Waals surface area contributed by atoms with Crippen LogP contribution >= 0.6 is 0 Å². The molecular weight excluding hydrogens is 350 g/mol. The predicted octanol–water partition coefficient (Wildman–Crippen LogP) is 4.04. The molecule has 5 heteroatoms. The molecule has 3 rings (SSSR count). The van der Waals surface area contributed by atoms with Gasteiger partial charge in [0.2, 0.25) is 11.8 Å². The Hall–Kier alpha value is -3.18. The summed E-state index contributed by atoms with van der Waals surface area (Å²) in [7, 11) is 0. The Morgan fingerprint density at radius 2 is 1.75 bits per heavy atom. The van der Waals surface area contributed by atoms with Crippen LogP contribution in [0.3, 0.4) is 0 Å². The van der Waals surface area contributed by atoms with Crippen molar-refractivity contribution in [3.8, 4) is 11.6 Å². The zero-order valence-electron chi connectivity index (χ0n) is 16.2. The number of primary amides is 1. The van der Waals surface area contributed by atoms with Crippen LogP contribution in [0.25, 0.3) is 0 Å². The second kappa shape index (κ2) is 8.67. The molecule has 5 nitrogen and oxygen atoms in total. The molecule has 144 valence electrons. The Morgan fingerprint density at radius 3 is 2.36 bits per heavy atom. The molecule has 0 saturated carbocycles. The molecular formula is C23H25N3O2. The van der Waals surface area contributed by atoms with Crippen molar-refractivity contribution in [3.63, 3.8) is 0 Å². The van der Waals surface area contributed by atoms with Crippen LogP contribution in [0.1, 0.15) is 35.3 Å². The van der Waals surface area contributed by atoms with Gasteiger partial charge in [-0.2, -0.15) is 0 Å². The van der Waals surface area contributed by atoms with Gasteiger partial charge in [-0.15, -0.1) is 0 Å². The number of carbonyl (C=O) groups is 1. The topological polar surface area (TPSA) is 77.2 Å². The van der Waals surface area contributed by atoms with Crippen molar-refractivity contribution in [2.24, 2.45) is 5.73 Å². The Labute approximate surface area is 165 Å². The SMILES string of the molecule is CC(C)(CNCc1ccccc1)c1ccc(Oc2ccc(C(N)=O)cn2)cc1. The molecule has 0 bridgehead atoms. The van der Waals surface area contributed by atoms with Crippen molar-refractivity contribution >= 4 is 5.91 Å². The molecule has 0 aliphatic carbocycles. The van der Waals surface area contributed by atoms with E-state index in [-0.39, 0.29) is 5.41 Å². The number of nitrogens with zero attached hydrogens (tertiary/aromatic N) is 1. The van der Waals surface area contributed by atoms with Crippen molar-refractivity contribution in [1.29, 1.82) is 0 Å². The Kier molecular flexibility index (Phi) is 6.06. The number of carbonyl (C=O) groups excluding carboxylic acids is 1. The lowest BCUT2D eigenvalue weighted by Crippen LogP contribution is -2.32. The predicted molar refractivity (Wildman–Crippen MR) is 110 cm³/mol. The third-order valence-corrected chi connectivity index (χ3v) is 4.62. The Bertz CT molecular complexity index is 905. The van der Waals surface area contributed by atoms with Gasteiger partial charge in [0.05, 0.1) is 5.56 Å². The second-order valence-corrected chi connectivity index (χ2v) is 7.35. The Balaban J connectivity index is 1.58. The van der Waals surface area contributed by atoms with E-state index in [2.05, 4.69) is 60.5 Å². The van der Waals surface area contributed by atoms with Crippen LogP contribution in [0.4, 0.5) is 0 Å². The minimum atomic E-state index is -0.508. The van der Waals surface area contributed by atoms with E-state index in [1.54, 1.807) is 12.1 Å². The quantitative estimate of drug-likeness (QED) is 0.623. The molecule has 0 unspecified atom stereocenters. The van der Waals surface area contributed by atoms with Crippen LogP contribution < -0.4 is 15.8 Å². The average molecular weight is 375 g/mol. The first-order chi connectivity index (χ1) is 13.4. The normalized spacial score (nSPS) is 11.2. The van der Waals surface area contributed by atoms with Crippen molar-refractivity contribution in [3.05, 3.63) is 89.6 Å². The monoisotopic (exact) mass is 375 g/mol. The van der Waals surface area contributed by atoms with Crippen molar-refractivity contribution < 1.29 is 9.53 Å². The standard InChI is InChI=1S/C23H25N3O2/c1-23(2,16-25-14-17-6-4-3-5-7-17)19-9-11-20(12-10-19)28-21-13-8-18(15-26-21)22(24)27/h3-13,15,25H,14,16H2,1-2H3,(H2,24,27). The number of aromatic nitrogens is 1. The second-order valence-electron chi connectivity index (χ2n) is 7.35. The molecule has 3 N–H and O–H groups in total. The van der Waals surface area contributed by atoms with E-state index >= 15 is 0 Å². The van der Waals surface area contributed by atoms with Gasteiger partial charge in [-0.25, -0.2) is 4.98 Å². The number of hydrogen-bond acceptors (Lipinski definition) is 4. The van der Waals surface area contributed by atoms with Gasteiger partial charge in [0, 0.05) is 30.8 Å². The summed E-state index contributed by atoms with van der Waals surface area (Å²) < 4.78 is 5.74. The van der Waals surface area contributed by atoms with Gasteiger partial charge in [0.1, 0.15) is 5.75 Å². The molecule has 0 aliphatic rings. The number of nitrogens with two attached hydrogens (primary N) is 1. The highest BCUT2D eigenvalue weighted by atomic mass is 16.5. The lowest BCUT2D eigenvalue weighted by atomic mass is 9.84. The minimum absolute atomic E-state index is 0.0192. The molecule has 28 heavy (non-hydrogen) atoms. The highest BCUT2D eigenvalue weighted by Crippen LogP contribution is 2.26. The highest BCUT2D eigenvalue weighted by Gasteiger charge is 2.20. The van der Waals surface area contributed by atoms with Crippen molar-refractivity contribution in [1.82, 2.24) is 10.3 Å². The maximum atomic E-state index is 11.1. The summed E-state index contributed by atoms with van der Waals surface area (Å²) in [5, 5.41) is 3.53. The van der Waals surface area contributed by atoms with E-state index in [0.29, 0.717) is 17.2 Å². The number of rotatable bonds is 8. The molecule has 3 aromatic rings. The summed E-state index contributed by atoms with van der Waals surface area (Å²) in [5.74, 6) is 0.601. The van der Waals surface area contributed by atoms with Gasteiger partial charge < -0.3 is 15.8 Å². The van der Waals surface area contributed by atoms with Gasteiger partial charge in [-0.1, -0.05) is 56.3 Å². The molecule has 0 aliphatic heterocycles. The first-order valence-corrected chi connectivity index (χ1v) is 9.23. The fourth-order valence-corrected chi connectivity index (χ4v) is 2.90. The summed E-state index contributed by atoms with van der Waals surface area (Å²) in [6.07, 6.45) is 1.41. The number of hydrogen-bond donors (Lipinski definition) is 2. The first-order valence-electron chi connectivity index (χ1n) is 9.23. The van der Waals surface area contributed by atoms with E-state index < -0.39 is 5.91 Å². The summed E-state index contributed by atoms with van der Waals surface area (Å²) in [5.41, 5.74) is 8.05. The Morgan fingerprint density at radius 1 is 1.04 bits per heavy atom. The van der Waals surface area contributed by atoms with Gasteiger partial charge in [0.15, 0.2) is 0 Å². The molecule has 1 amide bonds. The van der Waals surface area contributed by atoms with Gasteiger partial charge in [0.25, 0.3) is 0 Å². The molecule has 1 heterocycles. The van der Waals surface area contributed by atoms with Crippen LogP contribution in [0.5, 0.6) is 11.6 Å². The van der Waals surface area contributed by atoms with Crippen LogP contribution in [0, 0.1) is 0 Å². The molecule has 0 saturated heterocycles.